The number of nitrogens with zero attached hydrogens (tertiary/aromatic N) is 1. The lowest BCUT2D eigenvalue weighted by atomic mass is 10.1. The molecular formula is C11H24N2O2. The highest BCUT2D eigenvalue weighted by molar-refractivity contribution is 4.75. The normalized spacial score (nSPS) is 22.4. The molecule has 1 saturated heterocycles. The van der Waals surface area contributed by atoms with Crippen LogP contribution in [0.15, 0.2) is 0 Å². The first-order valence-electron chi connectivity index (χ1n) is 5.98. The zero-order valence-electron chi connectivity index (χ0n) is 9.74. The smallest absolute Gasteiger partial charge is 0.0698 e. The number of ether oxygens (including phenoxy) is 1. The molecule has 15 heavy (non-hydrogen) atoms. The van der Waals surface area contributed by atoms with Gasteiger partial charge in [0.1, 0.15) is 0 Å². The fourth-order valence-corrected chi connectivity index (χ4v) is 1.98. The summed E-state index contributed by atoms with van der Waals surface area (Å²) in [6, 6.07) is 0. The predicted octanol–water partition coefficient (Wildman–Crippen LogP) is -0.0733. The summed E-state index contributed by atoms with van der Waals surface area (Å²) in [7, 11) is 0. The quantitative estimate of drug-likeness (QED) is 0.557. The third-order valence-corrected chi connectivity index (χ3v) is 2.91. The second kappa shape index (κ2) is 8.05. The molecule has 0 bridgehead atoms. The number of nitrogens with one attached hydrogen (secondary N) is 1. The van der Waals surface area contributed by atoms with E-state index in [9.17, 15) is 0 Å². The summed E-state index contributed by atoms with van der Waals surface area (Å²) in [5, 5.41) is 11.9. The van der Waals surface area contributed by atoms with Crippen molar-refractivity contribution >= 4 is 0 Å². The van der Waals surface area contributed by atoms with Gasteiger partial charge in [-0.05, 0) is 32.0 Å². The Labute approximate surface area is 92.6 Å². The monoisotopic (exact) mass is 216 g/mol. The maximum Gasteiger partial charge on any atom is 0.0698 e. The van der Waals surface area contributed by atoms with Crippen LogP contribution in [-0.4, -0.2) is 62.6 Å². The van der Waals surface area contributed by atoms with Crippen molar-refractivity contribution in [3.63, 3.8) is 0 Å². The van der Waals surface area contributed by atoms with Gasteiger partial charge in [0.2, 0.25) is 0 Å². The summed E-state index contributed by atoms with van der Waals surface area (Å²) in [6.07, 6.45) is 1.32. The van der Waals surface area contributed by atoms with Crippen molar-refractivity contribution < 1.29 is 9.84 Å². The van der Waals surface area contributed by atoms with Gasteiger partial charge in [0.25, 0.3) is 0 Å². The number of hydrogen-bond donors (Lipinski definition) is 2. The minimum absolute atomic E-state index is 0.119. The Hall–Kier alpha value is -0.160. The minimum atomic E-state index is 0.119. The molecule has 4 heteroatoms. The molecule has 1 atom stereocenters. The SMILES string of the molecule is CCN1CCC(CNCCOCCO)C1. The Morgan fingerprint density at radius 1 is 1.47 bits per heavy atom. The zero-order valence-corrected chi connectivity index (χ0v) is 9.74. The molecule has 0 radical (unpaired) electrons. The molecule has 1 unspecified atom stereocenters. The van der Waals surface area contributed by atoms with Crippen molar-refractivity contribution in [3.05, 3.63) is 0 Å². The maximum atomic E-state index is 8.50. The number of likely N-dealkylation sites (tertiary alicyclic amines) is 1. The lowest BCUT2D eigenvalue weighted by Gasteiger charge is -2.13. The van der Waals surface area contributed by atoms with Crippen molar-refractivity contribution in [2.45, 2.75) is 13.3 Å². The Morgan fingerprint density at radius 2 is 2.33 bits per heavy atom. The first-order chi connectivity index (χ1) is 7.36. The van der Waals surface area contributed by atoms with Gasteiger partial charge in [-0.1, -0.05) is 6.92 Å². The second-order valence-corrected chi connectivity index (χ2v) is 4.09. The molecule has 0 spiro atoms. The molecule has 4 nitrogen and oxygen atoms in total. The van der Waals surface area contributed by atoms with Crippen molar-refractivity contribution in [1.29, 1.82) is 0 Å². The molecule has 0 aliphatic carbocycles. The average Bonchev–Trinajstić information content (AvgIpc) is 2.71. The molecule has 0 amide bonds. The van der Waals surface area contributed by atoms with E-state index in [4.69, 9.17) is 9.84 Å². The maximum absolute atomic E-state index is 8.50. The third kappa shape index (κ3) is 5.47. The minimum Gasteiger partial charge on any atom is -0.394 e. The fourth-order valence-electron chi connectivity index (χ4n) is 1.98. The third-order valence-electron chi connectivity index (χ3n) is 2.91. The van der Waals surface area contributed by atoms with E-state index in [0.29, 0.717) is 13.2 Å². The van der Waals surface area contributed by atoms with Crippen LogP contribution >= 0.6 is 0 Å². The molecule has 0 saturated carbocycles. The van der Waals surface area contributed by atoms with Crippen LogP contribution in [-0.2, 0) is 4.74 Å². The summed E-state index contributed by atoms with van der Waals surface area (Å²) in [5.41, 5.74) is 0. The first kappa shape index (κ1) is 12.9. The Morgan fingerprint density at radius 3 is 3.00 bits per heavy atom. The topological polar surface area (TPSA) is 44.7 Å². The Bertz CT molecular complexity index is 156. The molecule has 0 aromatic carbocycles. The van der Waals surface area contributed by atoms with E-state index in [0.717, 1.165) is 19.0 Å². The largest absolute Gasteiger partial charge is 0.394 e. The van der Waals surface area contributed by atoms with Crippen LogP contribution in [0, 0.1) is 5.92 Å². The van der Waals surface area contributed by atoms with Crippen molar-refractivity contribution in [3.8, 4) is 0 Å². The van der Waals surface area contributed by atoms with Gasteiger partial charge < -0.3 is 20.1 Å². The van der Waals surface area contributed by atoms with Gasteiger partial charge >= 0.3 is 0 Å². The molecule has 0 aromatic rings. The molecule has 1 rings (SSSR count). The van der Waals surface area contributed by atoms with E-state index in [1.807, 2.05) is 0 Å². The number of aliphatic hydroxyl groups is 1. The molecule has 1 heterocycles. The van der Waals surface area contributed by atoms with Crippen molar-refractivity contribution in [1.82, 2.24) is 10.2 Å². The summed E-state index contributed by atoms with van der Waals surface area (Å²) >= 11 is 0. The lowest BCUT2D eigenvalue weighted by molar-refractivity contribution is 0.0935. The van der Waals surface area contributed by atoms with Crippen LogP contribution in [0.2, 0.25) is 0 Å². The summed E-state index contributed by atoms with van der Waals surface area (Å²) in [4.78, 5) is 2.49. The van der Waals surface area contributed by atoms with Crippen LogP contribution in [0.25, 0.3) is 0 Å². The molecule has 1 aliphatic heterocycles. The van der Waals surface area contributed by atoms with E-state index < -0.39 is 0 Å². The van der Waals surface area contributed by atoms with Gasteiger partial charge in [0.05, 0.1) is 19.8 Å². The van der Waals surface area contributed by atoms with Gasteiger partial charge in [0, 0.05) is 13.1 Å². The van der Waals surface area contributed by atoms with Crippen LogP contribution in [0.1, 0.15) is 13.3 Å². The average molecular weight is 216 g/mol. The standard InChI is InChI=1S/C11H24N2O2/c1-2-13-5-3-11(10-13)9-12-4-7-15-8-6-14/h11-12,14H,2-10H2,1H3. The van der Waals surface area contributed by atoms with Gasteiger partial charge in [0.15, 0.2) is 0 Å². The Kier molecular flexibility index (Phi) is 6.92. The van der Waals surface area contributed by atoms with Gasteiger partial charge in [-0.3, -0.25) is 0 Å². The van der Waals surface area contributed by atoms with Gasteiger partial charge in [-0.25, -0.2) is 0 Å². The number of rotatable bonds is 8. The van der Waals surface area contributed by atoms with Crippen LogP contribution in [0.3, 0.4) is 0 Å². The highest BCUT2D eigenvalue weighted by atomic mass is 16.5. The summed E-state index contributed by atoms with van der Waals surface area (Å²) < 4.78 is 5.17. The fraction of sp³-hybridized carbons (Fsp3) is 1.00. The highest BCUT2D eigenvalue weighted by Gasteiger charge is 2.20. The summed E-state index contributed by atoms with van der Waals surface area (Å²) in [5.74, 6) is 0.808. The zero-order chi connectivity index (χ0) is 10.9. The Balaban J connectivity index is 1.88. The van der Waals surface area contributed by atoms with Crippen LogP contribution < -0.4 is 5.32 Å². The van der Waals surface area contributed by atoms with E-state index in [1.165, 1.54) is 26.1 Å². The van der Waals surface area contributed by atoms with Crippen LogP contribution in [0.4, 0.5) is 0 Å². The number of aliphatic hydroxyl groups excluding tert-OH is 1. The van der Waals surface area contributed by atoms with Crippen molar-refractivity contribution in [2.75, 3.05) is 52.5 Å². The van der Waals surface area contributed by atoms with Gasteiger partial charge in [-0.2, -0.15) is 0 Å². The van der Waals surface area contributed by atoms with E-state index in [-0.39, 0.29) is 6.61 Å². The molecule has 1 fully saturated rings. The lowest BCUT2D eigenvalue weighted by Crippen LogP contribution is -2.28. The van der Waals surface area contributed by atoms with E-state index in [2.05, 4.69) is 17.1 Å². The van der Waals surface area contributed by atoms with E-state index in [1.54, 1.807) is 0 Å². The summed E-state index contributed by atoms with van der Waals surface area (Å²) in [6.45, 7) is 9.15. The highest BCUT2D eigenvalue weighted by Crippen LogP contribution is 2.14. The molecule has 0 aromatic heterocycles. The van der Waals surface area contributed by atoms with Crippen molar-refractivity contribution in [2.24, 2.45) is 5.92 Å². The van der Waals surface area contributed by atoms with Crippen LogP contribution in [0.5, 0.6) is 0 Å². The molecule has 1 aliphatic rings. The predicted molar refractivity (Wildman–Crippen MR) is 61.0 cm³/mol. The first-order valence-corrected chi connectivity index (χ1v) is 5.98. The van der Waals surface area contributed by atoms with E-state index >= 15 is 0 Å². The second-order valence-electron chi connectivity index (χ2n) is 4.09. The van der Waals surface area contributed by atoms with Gasteiger partial charge in [-0.15, -0.1) is 0 Å². The molecule has 2 N–H and O–H groups in total. The molecule has 90 valence electrons. The molecular weight excluding hydrogens is 192 g/mol. The number of hydrogen-bond acceptors (Lipinski definition) is 4.